The van der Waals surface area contributed by atoms with Gasteiger partial charge in [-0.2, -0.15) is 15.3 Å². The third kappa shape index (κ3) is 1.78. The van der Waals surface area contributed by atoms with Crippen molar-refractivity contribution < 1.29 is 0 Å². The van der Waals surface area contributed by atoms with Gasteiger partial charge in [-0.25, -0.2) is 4.98 Å². The summed E-state index contributed by atoms with van der Waals surface area (Å²) in [5.41, 5.74) is 1.43. The molecule has 3 rings (SSSR count). The lowest BCUT2D eigenvalue weighted by Gasteiger charge is -1.97. The zero-order valence-electron chi connectivity index (χ0n) is 8.74. The lowest BCUT2D eigenvalue weighted by atomic mass is 10.4. The molecule has 0 fully saturated rings. The first-order chi connectivity index (χ1) is 8.33. The second kappa shape index (κ2) is 3.78. The molecule has 0 aromatic carbocycles. The minimum Gasteiger partial charge on any atom is -0.311 e. The van der Waals surface area contributed by atoms with Gasteiger partial charge in [-0.05, 0) is 12.1 Å². The molecule has 0 aliphatic heterocycles. The zero-order chi connectivity index (χ0) is 11.7. The van der Waals surface area contributed by atoms with Gasteiger partial charge in [-0.1, -0.05) is 0 Å². The first-order valence-electron chi connectivity index (χ1n) is 5.00. The molecule has 0 bridgehead atoms. The van der Waals surface area contributed by atoms with E-state index in [1.165, 1.54) is 6.33 Å². The summed E-state index contributed by atoms with van der Waals surface area (Å²) >= 11 is 0. The Balaban J connectivity index is 2.02. The van der Waals surface area contributed by atoms with Gasteiger partial charge in [-0.15, -0.1) is 0 Å². The summed E-state index contributed by atoms with van der Waals surface area (Å²) in [5.74, 6) is 0. The predicted molar refractivity (Wildman–Crippen MR) is 59.3 cm³/mol. The molecular formula is C10H8N6O. The minimum atomic E-state index is -0.243. The van der Waals surface area contributed by atoms with E-state index in [-0.39, 0.29) is 5.56 Å². The summed E-state index contributed by atoms with van der Waals surface area (Å²) in [4.78, 5) is 18.0. The first-order valence-corrected chi connectivity index (χ1v) is 5.00. The highest BCUT2D eigenvalue weighted by Gasteiger charge is 2.05. The maximum Gasteiger partial charge on any atom is 0.279 e. The molecular weight excluding hydrogens is 220 g/mol. The molecule has 0 saturated heterocycles. The molecule has 17 heavy (non-hydrogen) atoms. The number of nitrogens with one attached hydrogen (secondary N) is 1. The molecule has 0 amide bonds. The van der Waals surface area contributed by atoms with Crippen LogP contribution in [0.15, 0.2) is 35.6 Å². The smallest absolute Gasteiger partial charge is 0.279 e. The second-order valence-corrected chi connectivity index (χ2v) is 3.51. The molecule has 3 aromatic rings. The van der Waals surface area contributed by atoms with Gasteiger partial charge in [0.1, 0.15) is 5.52 Å². The molecule has 3 aromatic heterocycles. The Labute approximate surface area is 95.2 Å². The molecule has 0 aliphatic carbocycles. The fraction of sp³-hybridized carbons (Fsp3) is 0.100. The van der Waals surface area contributed by atoms with Gasteiger partial charge in [0.05, 0.1) is 24.8 Å². The van der Waals surface area contributed by atoms with Crippen LogP contribution in [0, 0.1) is 0 Å². The molecule has 3 heterocycles. The van der Waals surface area contributed by atoms with Gasteiger partial charge in [0.25, 0.3) is 5.56 Å². The molecule has 7 nitrogen and oxygen atoms in total. The molecule has 84 valence electrons. The number of aromatic nitrogens is 6. The molecule has 0 saturated carbocycles. The number of hydrogen-bond acceptors (Lipinski definition) is 5. The highest BCUT2D eigenvalue weighted by Crippen LogP contribution is 2.04. The van der Waals surface area contributed by atoms with Gasteiger partial charge in [0.15, 0.2) is 5.52 Å². The first kappa shape index (κ1) is 9.64. The quantitative estimate of drug-likeness (QED) is 0.664. The van der Waals surface area contributed by atoms with Crippen molar-refractivity contribution >= 4 is 11.0 Å². The summed E-state index contributed by atoms with van der Waals surface area (Å²) in [6.45, 7) is 0.462. The number of rotatable bonds is 2. The zero-order valence-corrected chi connectivity index (χ0v) is 8.74. The van der Waals surface area contributed by atoms with Gasteiger partial charge in [0.2, 0.25) is 0 Å². The van der Waals surface area contributed by atoms with E-state index in [0.717, 1.165) is 5.69 Å². The van der Waals surface area contributed by atoms with Crippen LogP contribution in [0.1, 0.15) is 5.69 Å². The number of aromatic amines is 1. The number of nitrogens with zero attached hydrogens (tertiary/aromatic N) is 5. The Morgan fingerprint density at radius 1 is 1.41 bits per heavy atom. The van der Waals surface area contributed by atoms with Crippen molar-refractivity contribution in [3.05, 3.63) is 46.9 Å². The van der Waals surface area contributed by atoms with Crippen LogP contribution in [0.4, 0.5) is 0 Å². The van der Waals surface area contributed by atoms with E-state index in [1.807, 2.05) is 6.07 Å². The van der Waals surface area contributed by atoms with Crippen molar-refractivity contribution in [1.29, 1.82) is 0 Å². The average molecular weight is 228 g/mol. The van der Waals surface area contributed by atoms with Crippen LogP contribution in [-0.2, 0) is 6.54 Å². The van der Waals surface area contributed by atoms with Crippen molar-refractivity contribution in [2.45, 2.75) is 6.54 Å². The van der Waals surface area contributed by atoms with E-state index in [0.29, 0.717) is 17.6 Å². The molecule has 0 radical (unpaired) electrons. The summed E-state index contributed by atoms with van der Waals surface area (Å²) in [6, 6.07) is 3.65. The third-order valence-corrected chi connectivity index (χ3v) is 2.31. The van der Waals surface area contributed by atoms with E-state index in [2.05, 4.69) is 25.3 Å². The average Bonchev–Trinajstić information content (AvgIpc) is 2.74. The van der Waals surface area contributed by atoms with Gasteiger partial charge < -0.3 is 4.98 Å². The maximum atomic E-state index is 11.4. The Bertz CT molecular complexity index is 701. The van der Waals surface area contributed by atoms with E-state index in [1.54, 1.807) is 23.1 Å². The lowest BCUT2D eigenvalue weighted by molar-refractivity contribution is 0.670. The summed E-state index contributed by atoms with van der Waals surface area (Å²) < 4.78 is 1.62. The van der Waals surface area contributed by atoms with Gasteiger partial charge in [-0.3, -0.25) is 9.48 Å². The van der Waals surface area contributed by atoms with Crippen LogP contribution in [0.3, 0.4) is 0 Å². The predicted octanol–water partition coefficient (Wildman–Crippen LogP) is -0.0421. The molecule has 7 heteroatoms. The summed E-state index contributed by atoms with van der Waals surface area (Å²) in [7, 11) is 0. The summed E-state index contributed by atoms with van der Waals surface area (Å²) in [6.07, 6.45) is 4.67. The standard InChI is InChI=1S/C10H8N6O/c17-10-9-8(11-6-12-10)5-16(15-9)4-7-2-1-3-13-14-7/h1-3,5-6H,4H2,(H,11,12,17). The van der Waals surface area contributed by atoms with Crippen LogP contribution in [-0.4, -0.2) is 29.9 Å². The van der Waals surface area contributed by atoms with Gasteiger partial charge >= 0.3 is 0 Å². The Hall–Kier alpha value is -2.57. The minimum absolute atomic E-state index is 0.243. The Kier molecular flexibility index (Phi) is 2.14. The van der Waals surface area contributed by atoms with Crippen molar-refractivity contribution in [2.75, 3.05) is 0 Å². The molecule has 0 unspecified atom stereocenters. The molecule has 0 spiro atoms. The molecule has 0 aliphatic rings. The van der Waals surface area contributed by atoms with Crippen molar-refractivity contribution in [1.82, 2.24) is 29.9 Å². The highest BCUT2D eigenvalue weighted by atomic mass is 16.1. The largest absolute Gasteiger partial charge is 0.311 e. The second-order valence-electron chi connectivity index (χ2n) is 3.51. The SMILES string of the molecule is O=c1[nH]cnc2cn(Cc3cccnn3)nc12. The Morgan fingerprint density at radius 2 is 2.35 bits per heavy atom. The van der Waals surface area contributed by atoms with Crippen molar-refractivity contribution in [3.63, 3.8) is 0 Å². The fourth-order valence-corrected chi connectivity index (χ4v) is 1.56. The van der Waals surface area contributed by atoms with Crippen LogP contribution in [0.25, 0.3) is 11.0 Å². The van der Waals surface area contributed by atoms with E-state index < -0.39 is 0 Å². The molecule has 0 atom stereocenters. The van der Waals surface area contributed by atoms with Crippen LogP contribution in [0.5, 0.6) is 0 Å². The Morgan fingerprint density at radius 3 is 3.12 bits per heavy atom. The number of hydrogen-bond donors (Lipinski definition) is 1. The number of fused-ring (bicyclic) bond motifs is 1. The van der Waals surface area contributed by atoms with Crippen molar-refractivity contribution in [3.8, 4) is 0 Å². The fourth-order valence-electron chi connectivity index (χ4n) is 1.56. The topological polar surface area (TPSA) is 89.4 Å². The van der Waals surface area contributed by atoms with Crippen LogP contribution >= 0.6 is 0 Å². The maximum absolute atomic E-state index is 11.4. The number of H-pyrrole nitrogens is 1. The normalized spacial score (nSPS) is 10.8. The third-order valence-electron chi connectivity index (χ3n) is 2.31. The monoisotopic (exact) mass is 228 g/mol. The van der Waals surface area contributed by atoms with Crippen LogP contribution in [0.2, 0.25) is 0 Å². The van der Waals surface area contributed by atoms with Crippen molar-refractivity contribution in [2.24, 2.45) is 0 Å². The summed E-state index contributed by atoms with van der Waals surface area (Å²) in [5, 5.41) is 11.9. The van der Waals surface area contributed by atoms with E-state index in [4.69, 9.17) is 0 Å². The van der Waals surface area contributed by atoms with Gasteiger partial charge in [0, 0.05) is 6.20 Å². The highest BCUT2D eigenvalue weighted by molar-refractivity contribution is 5.71. The van der Waals surface area contributed by atoms with Crippen LogP contribution < -0.4 is 5.56 Å². The molecule has 1 N–H and O–H groups in total. The lowest BCUT2D eigenvalue weighted by Crippen LogP contribution is -2.07. The van der Waals surface area contributed by atoms with E-state index in [9.17, 15) is 4.79 Å². The van der Waals surface area contributed by atoms with E-state index >= 15 is 0 Å².